The van der Waals surface area contributed by atoms with Crippen LogP contribution in [0, 0.1) is 6.92 Å². The van der Waals surface area contributed by atoms with Crippen molar-refractivity contribution in [3.05, 3.63) is 58.6 Å². The molecule has 25 heavy (non-hydrogen) atoms. The predicted octanol–water partition coefficient (Wildman–Crippen LogP) is 4.69. The van der Waals surface area contributed by atoms with E-state index >= 15 is 0 Å². The van der Waals surface area contributed by atoms with Crippen molar-refractivity contribution in [3.63, 3.8) is 0 Å². The lowest BCUT2D eigenvalue weighted by Crippen LogP contribution is -2.05. The van der Waals surface area contributed by atoms with Gasteiger partial charge in [0.25, 0.3) is 11.8 Å². The first kappa shape index (κ1) is 17.2. The van der Waals surface area contributed by atoms with E-state index in [1.165, 1.54) is 0 Å². The maximum atomic E-state index is 12.6. The summed E-state index contributed by atoms with van der Waals surface area (Å²) < 4.78 is 48.7. The van der Waals surface area contributed by atoms with Crippen molar-refractivity contribution in [2.75, 3.05) is 0 Å². The Bertz CT molecular complexity index is 879. The Morgan fingerprint density at radius 1 is 1.16 bits per heavy atom. The van der Waals surface area contributed by atoms with Gasteiger partial charge in [0, 0.05) is 6.20 Å². The Morgan fingerprint density at radius 2 is 1.88 bits per heavy atom. The third-order valence-corrected chi connectivity index (χ3v) is 3.51. The smallest absolute Gasteiger partial charge is 0.417 e. The van der Waals surface area contributed by atoms with Crippen LogP contribution in [0.1, 0.15) is 17.0 Å². The van der Waals surface area contributed by atoms with Crippen molar-refractivity contribution in [2.24, 2.45) is 0 Å². The van der Waals surface area contributed by atoms with Gasteiger partial charge in [0.05, 0.1) is 10.6 Å². The van der Waals surface area contributed by atoms with Gasteiger partial charge in [-0.2, -0.15) is 13.2 Å². The van der Waals surface area contributed by atoms with Gasteiger partial charge in [0.15, 0.2) is 6.61 Å². The van der Waals surface area contributed by atoms with E-state index in [4.69, 9.17) is 20.8 Å². The van der Waals surface area contributed by atoms with Crippen molar-refractivity contribution in [1.29, 1.82) is 0 Å². The van der Waals surface area contributed by atoms with Gasteiger partial charge in [0.1, 0.15) is 11.4 Å². The van der Waals surface area contributed by atoms with Gasteiger partial charge in [-0.25, -0.2) is 4.98 Å². The van der Waals surface area contributed by atoms with E-state index in [0.29, 0.717) is 11.9 Å². The first-order chi connectivity index (χ1) is 11.8. The molecule has 5 nitrogen and oxygen atoms in total. The third-order valence-electron chi connectivity index (χ3n) is 3.22. The van der Waals surface area contributed by atoms with Crippen molar-refractivity contribution in [3.8, 4) is 17.3 Å². The van der Waals surface area contributed by atoms with Gasteiger partial charge < -0.3 is 9.15 Å². The van der Waals surface area contributed by atoms with Crippen LogP contribution in [0.3, 0.4) is 0 Å². The van der Waals surface area contributed by atoms with Crippen LogP contribution in [0.5, 0.6) is 5.75 Å². The predicted molar refractivity (Wildman–Crippen MR) is 83.1 cm³/mol. The molecule has 3 rings (SSSR count). The third kappa shape index (κ3) is 4.08. The molecule has 0 amide bonds. The van der Waals surface area contributed by atoms with E-state index in [1.807, 2.05) is 19.1 Å². The van der Waals surface area contributed by atoms with Crippen LogP contribution in [0.4, 0.5) is 13.2 Å². The minimum atomic E-state index is -4.53. The van der Waals surface area contributed by atoms with E-state index in [2.05, 4.69) is 15.2 Å². The molecule has 0 N–H and O–H groups in total. The van der Waals surface area contributed by atoms with Crippen molar-refractivity contribution >= 4 is 11.6 Å². The molecule has 130 valence electrons. The Morgan fingerprint density at radius 3 is 2.52 bits per heavy atom. The van der Waals surface area contributed by atoms with Gasteiger partial charge in [-0.3, -0.25) is 0 Å². The summed E-state index contributed by atoms with van der Waals surface area (Å²) in [6.45, 7) is 1.96. The van der Waals surface area contributed by atoms with E-state index in [1.54, 1.807) is 12.1 Å². The number of alkyl halides is 3. The number of ether oxygens (including phenoxy) is 1. The number of aromatic nitrogens is 3. The molecule has 0 atom stereocenters. The molecule has 0 unspecified atom stereocenters. The minimum absolute atomic E-state index is 0.00825. The van der Waals surface area contributed by atoms with Gasteiger partial charge in [-0.05, 0) is 25.1 Å². The molecular weight excluding hydrogens is 359 g/mol. The van der Waals surface area contributed by atoms with Crippen molar-refractivity contribution in [1.82, 2.24) is 15.2 Å². The number of pyridine rings is 1. The number of benzene rings is 1. The molecule has 0 bridgehead atoms. The summed E-state index contributed by atoms with van der Waals surface area (Å²) in [6, 6.07) is 8.12. The van der Waals surface area contributed by atoms with Crippen LogP contribution < -0.4 is 4.74 Å². The number of rotatable bonds is 4. The minimum Gasteiger partial charge on any atom is -0.484 e. The van der Waals surface area contributed by atoms with Crippen LogP contribution in [0.15, 0.2) is 40.9 Å². The summed E-state index contributed by atoms with van der Waals surface area (Å²) >= 11 is 5.85. The number of aryl methyl sites for hydroxylation is 1. The second kappa shape index (κ2) is 6.72. The number of hydrogen-bond donors (Lipinski definition) is 0. The van der Waals surface area contributed by atoms with Crippen LogP contribution in [-0.2, 0) is 12.8 Å². The van der Waals surface area contributed by atoms with Gasteiger partial charge >= 0.3 is 6.18 Å². The van der Waals surface area contributed by atoms with Crippen LogP contribution in [-0.4, -0.2) is 15.2 Å². The number of halogens is 4. The second-order valence-corrected chi connectivity index (χ2v) is 5.56. The molecule has 1 aromatic carbocycles. The van der Waals surface area contributed by atoms with E-state index in [0.717, 1.165) is 11.6 Å². The average Bonchev–Trinajstić information content (AvgIpc) is 3.02. The summed E-state index contributed by atoms with van der Waals surface area (Å²) in [5.41, 5.74) is 0.114. The molecule has 0 spiro atoms. The van der Waals surface area contributed by atoms with Crippen molar-refractivity contribution in [2.45, 2.75) is 19.7 Å². The SMILES string of the molecule is Cc1ccc(OCc2nnc(-c3ncc(C(F)(F)F)cc3Cl)o2)cc1. The fourth-order valence-electron chi connectivity index (χ4n) is 1.94. The second-order valence-electron chi connectivity index (χ2n) is 5.15. The normalized spacial score (nSPS) is 11.6. The molecule has 0 fully saturated rings. The summed E-state index contributed by atoms with van der Waals surface area (Å²) in [7, 11) is 0. The lowest BCUT2D eigenvalue weighted by molar-refractivity contribution is -0.137. The first-order valence-corrected chi connectivity index (χ1v) is 7.45. The maximum absolute atomic E-state index is 12.6. The fraction of sp³-hybridized carbons (Fsp3) is 0.188. The molecule has 0 aliphatic rings. The molecule has 9 heteroatoms. The van der Waals surface area contributed by atoms with Crippen LogP contribution >= 0.6 is 11.6 Å². The molecule has 3 aromatic rings. The monoisotopic (exact) mass is 369 g/mol. The number of hydrogen-bond acceptors (Lipinski definition) is 5. The Labute approximate surface area is 145 Å². The lowest BCUT2D eigenvalue weighted by Gasteiger charge is -2.07. The summed E-state index contributed by atoms with van der Waals surface area (Å²) in [6.07, 6.45) is -3.87. The van der Waals surface area contributed by atoms with E-state index in [9.17, 15) is 13.2 Å². The zero-order chi connectivity index (χ0) is 18.0. The maximum Gasteiger partial charge on any atom is 0.417 e. The van der Waals surface area contributed by atoms with E-state index < -0.39 is 11.7 Å². The van der Waals surface area contributed by atoms with Crippen LogP contribution in [0.25, 0.3) is 11.6 Å². The topological polar surface area (TPSA) is 61.0 Å². The quantitative estimate of drug-likeness (QED) is 0.667. The Kier molecular flexibility index (Phi) is 4.63. The molecule has 0 saturated carbocycles. The van der Waals surface area contributed by atoms with Gasteiger partial charge in [-0.15, -0.1) is 10.2 Å². The van der Waals surface area contributed by atoms with E-state index in [-0.39, 0.29) is 29.1 Å². The summed E-state index contributed by atoms with van der Waals surface area (Å²) in [4.78, 5) is 3.67. The molecule has 2 aromatic heterocycles. The molecular formula is C16H11ClF3N3O2. The highest BCUT2D eigenvalue weighted by Gasteiger charge is 2.32. The molecule has 0 saturated heterocycles. The fourth-order valence-corrected chi connectivity index (χ4v) is 2.18. The summed E-state index contributed by atoms with van der Waals surface area (Å²) in [5.74, 6) is 0.686. The lowest BCUT2D eigenvalue weighted by atomic mass is 10.2. The van der Waals surface area contributed by atoms with Gasteiger partial charge in [0.2, 0.25) is 0 Å². The average molecular weight is 370 g/mol. The first-order valence-electron chi connectivity index (χ1n) is 7.08. The Balaban J connectivity index is 1.74. The molecule has 0 aliphatic heterocycles. The largest absolute Gasteiger partial charge is 0.484 e. The highest BCUT2D eigenvalue weighted by molar-refractivity contribution is 6.32. The summed E-state index contributed by atoms with van der Waals surface area (Å²) in [5, 5.41) is 7.28. The number of nitrogens with zero attached hydrogens (tertiary/aromatic N) is 3. The standard InChI is InChI=1S/C16H11ClF3N3O2/c1-9-2-4-11(5-3-9)24-8-13-22-23-15(25-13)14-12(17)6-10(7-21-14)16(18,19)20/h2-7H,8H2,1H3. The molecule has 0 radical (unpaired) electrons. The zero-order valence-corrected chi connectivity index (χ0v) is 13.6. The zero-order valence-electron chi connectivity index (χ0n) is 12.8. The Hall–Kier alpha value is -2.61. The molecule has 2 heterocycles. The highest BCUT2D eigenvalue weighted by atomic mass is 35.5. The van der Waals surface area contributed by atoms with Crippen LogP contribution in [0.2, 0.25) is 5.02 Å². The molecule has 0 aliphatic carbocycles. The highest BCUT2D eigenvalue weighted by Crippen LogP contribution is 2.33. The van der Waals surface area contributed by atoms with Gasteiger partial charge in [-0.1, -0.05) is 29.3 Å². The van der Waals surface area contributed by atoms with Crippen molar-refractivity contribution < 1.29 is 22.3 Å².